The lowest BCUT2D eigenvalue weighted by atomic mass is 10.3. The SMILES string of the molecule is C=C(C)C(=O)OC1CCCN1CC. The molecular formula is C10H17NO2. The van der Waals surface area contributed by atoms with Crippen LogP contribution in [0.5, 0.6) is 0 Å². The molecule has 3 heteroatoms. The van der Waals surface area contributed by atoms with Crippen molar-refractivity contribution in [3.8, 4) is 0 Å². The number of rotatable bonds is 3. The molecule has 1 aliphatic heterocycles. The molecule has 1 aliphatic rings. The van der Waals surface area contributed by atoms with Crippen LogP contribution in [0, 0.1) is 0 Å². The Labute approximate surface area is 79.4 Å². The van der Waals surface area contributed by atoms with E-state index in [0.717, 1.165) is 25.9 Å². The van der Waals surface area contributed by atoms with Crippen LogP contribution < -0.4 is 0 Å². The normalized spacial score (nSPS) is 23.1. The fraction of sp³-hybridized carbons (Fsp3) is 0.700. The Morgan fingerprint density at radius 2 is 2.38 bits per heavy atom. The number of carbonyl (C=O) groups is 1. The number of carbonyl (C=O) groups excluding carboxylic acids is 1. The maximum Gasteiger partial charge on any atom is 0.334 e. The Hall–Kier alpha value is -0.830. The number of hydrogen-bond donors (Lipinski definition) is 0. The second-order valence-electron chi connectivity index (χ2n) is 3.41. The van der Waals surface area contributed by atoms with Crippen LogP contribution in [0.4, 0.5) is 0 Å². The van der Waals surface area contributed by atoms with Gasteiger partial charge in [-0.1, -0.05) is 13.5 Å². The third-order valence-corrected chi connectivity index (χ3v) is 2.30. The van der Waals surface area contributed by atoms with E-state index in [-0.39, 0.29) is 12.2 Å². The van der Waals surface area contributed by atoms with Crippen LogP contribution in [-0.4, -0.2) is 30.2 Å². The molecule has 0 aromatic heterocycles. The molecule has 0 radical (unpaired) electrons. The Morgan fingerprint density at radius 1 is 1.69 bits per heavy atom. The summed E-state index contributed by atoms with van der Waals surface area (Å²) in [6.45, 7) is 9.28. The van der Waals surface area contributed by atoms with Crippen molar-refractivity contribution < 1.29 is 9.53 Å². The van der Waals surface area contributed by atoms with E-state index in [1.807, 2.05) is 0 Å². The van der Waals surface area contributed by atoms with E-state index < -0.39 is 0 Å². The first-order valence-electron chi connectivity index (χ1n) is 4.75. The molecule has 0 aromatic rings. The average molecular weight is 183 g/mol. The summed E-state index contributed by atoms with van der Waals surface area (Å²) < 4.78 is 5.26. The van der Waals surface area contributed by atoms with Crippen molar-refractivity contribution in [1.29, 1.82) is 0 Å². The van der Waals surface area contributed by atoms with E-state index in [2.05, 4.69) is 18.4 Å². The molecule has 0 aromatic carbocycles. The van der Waals surface area contributed by atoms with Crippen molar-refractivity contribution in [1.82, 2.24) is 4.90 Å². The lowest BCUT2D eigenvalue weighted by molar-refractivity contribution is -0.151. The van der Waals surface area contributed by atoms with Gasteiger partial charge in [0.05, 0.1) is 0 Å². The Balaban J connectivity index is 2.44. The smallest absolute Gasteiger partial charge is 0.334 e. The van der Waals surface area contributed by atoms with Gasteiger partial charge in [0.2, 0.25) is 0 Å². The van der Waals surface area contributed by atoms with E-state index in [9.17, 15) is 4.79 Å². The predicted octanol–water partition coefficient (Wildman–Crippen LogP) is 1.55. The van der Waals surface area contributed by atoms with Crippen molar-refractivity contribution in [2.45, 2.75) is 32.9 Å². The molecule has 1 rings (SSSR count). The van der Waals surface area contributed by atoms with Gasteiger partial charge >= 0.3 is 5.97 Å². The summed E-state index contributed by atoms with van der Waals surface area (Å²) in [6, 6.07) is 0. The van der Waals surface area contributed by atoms with E-state index in [1.165, 1.54) is 0 Å². The summed E-state index contributed by atoms with van der Waals surface area (Å²) in [5.74, 6) is -0.273. The lowest BCUT2D eigenvalue weighted by Crippen LogP contribution is -2.33. The first kappa shape index (κ1) is 10.3. The number of hydrogen-bond acceptors (Lipinski definition) is 3. The molecule has 0 bridgehead atoms. The van der Waals surface area contributed by atoms with Crippen molar-refractivity contribution in [2.75, 3.05) is 13.1 Å². The lowest BCUT2D eigenvalue weighted by Gasteiger charge is -2.22. The van der Waals surface area contributed by atoms with Crippen LogP contribution in [0.3, 0.4) is 0 Å². The largest absolute Gasteiger partial charge is 0.443 e. The van der Waals surface area contributed by atoms with E-state index in [1.54, 1.807) is 6.92 Å². The molecule has 13 heavy (non-hydrogen) atoms. The van der Waals surface area contributed by atoms with Crippen LogP contribution in [0.1, 0.15) is 26.7 Å². The van der Waals surface area contributed by atoms with Gasteiger partial charge in [-0.25, -0.2) is 4.79 Å². The maximum atomic E-state index is 11.2. The summed E-state index contributed by atoms with van der Waals surface area (Å²) in [6.07, 6.45) is 2.05. The van der Waals surface area contributed by atoms with Gasteiger partial charge in [0, 0.05) is 12.1 Å². The molecule has 1 atom stereocenters. The standard InChI is InChI=1S/C10H17NO2/c1-4-11-7-5-6-9(11)13-10(12)8(2)3/h9H,2,4-7H2,1,3H3. The molecule has 0 spiro atoms. The molecule has 0 N–H and O–H groups in total. The number of nitrogens with zero attached hydrogens (tertiary/aromatic N) is 1. The van der Waals surface area contributed by atoms with Gasteiger partial charge in [-0.3, -0.25) is 4.90 Å². The zero-order valence-corrected chi connectivity index (χ0v) is 8.38. The zero-order chi connectivity index (χ0) is 9.84. The maximum absolute atomic E-state index is 11.2. The van der Waals surface area contributed by atoms with Gasteiger partial charge < -0.3 is 4.74 Å². The van der Waals surface area contributed by atoms with Crippen molar-refractivity contribution in [3.05, 3.63) is 12.2 Å². The molecule has 74 valence electrons. The fourth-order valence-corrected chi connectivity index (χ4v) is 1.51. The topological polar surface area (TPSA) is 29.5 Å². The van der Waals surface area contributed by atoms with Gasteiger partial charge in [0.1, 0.15) is 0 Å². The molecule has 0 aliphatic carbocycles. The second-order valence-corrected chi connectivity index (χ2v) is 3.41. The fourth-order valence-electron chi connectivity index (χ4n) is 1.51. The number of esters is 1. The summed E-state index contributed by atoms with van der Waals surface area (Å²) in [5, 5.41) is 0. The molecule has 1 fully saturated rings. The molecule has 1 saturated heterocycles. The minimum atomic E-state index is -0.273. The zero-order valence-electron chi connectivity index (χ0n) is 8.38. The number of likely N-dealkylation sites (tertiary alicyclic amines) is 1. The van der Waals surface area contributed by atoms with E-state index >= 15 is 0 Å². The molecule has 3 nitrogen and oxygen atoms in total. The Morgan fingerprint density at radius 3 is 2.92 bits per heavy atom. The van der Waals surface area contributed by atoms with Gasteiger partial charge in [0.15, 0.2) is 6.23 Å². The summed E-state index contributed by atoms with van der Waals surface area (Å²) in [7, 11) is 0. The summed E-state index contributed by atoms with van der Waals surface area (Å²) >= 11 is 0. The quantitative estimate of drug-likeness (QED) is 0.491. The van der Waals surface area contributed by atoms with Gasteiger partial charge in [-0.15, -0.1) is 0 Å². The third-order valence-electron chi connectivity index (χ3n) is 2.30. The average Bonchev–Trinajstić information content (AvgIpc) is 2.51. The third kappa shape index (κ3) is 2.56. The minimum Gasteiger partial charge on any atom is -0.443 e. The molecule has 1 unspecified atom stereocenters. The van der Waals surface area contributed by atoms with Crippen molar-refractivity contribution in [3.63, 3.8) is 0 Å². The highest BCUT2D eigenvalue weighted by atomic mass is 16.6. The van der Waals surface area contributed by atoms with E-state index in [0.29, 0.717) is 5.57 Å². The van der Waals surface area contributed by atoms with Gasteiger partial charge in [-0.2, -0.15) is 0 Å². The first-order chi connectivity index (χ1) is 6.15. The highest BCUT2D eigenvalue weighted by molar-refractivity contribution is 5.87. The highest BCUT2D eigenvalue weighted by Crippen LogP contribution is 2.18. The molecule has 0 saturated carbocycles. The summed E-state index contributed by atoms with van der Waals surface area (Å²) in [5.41, 5.74) is 0.475. The monoisotopic (exact) mass is 183 g/mol. The molecule has 0 amide bonds. The van der Waals surface area contributed by atoms with Gasteiger partial charge in [0.25, 0.3) is 0 Å². The number of ether oxygens (including phenoxy) is 1. The second kappa shape index (κ2) is 4.42. The Kier molecular flexibility index (Phi) is 3.48. The van der Waals surface area contributed by atoms with Crippen molar-refractivity contribution in [2.24, 2.45) is 0 Å². The minimum absolute atomic E-state index is 0.0193. The van der Waals surface area contributed by atoms with E-state index in [4.69, 9.17) is 4.74 Å². The van der Waals surface area contributed by atoms with Gasteiger partial charge in [-0.05, 0) is 26.3 Å². The molecule has 1 heterocycles. The summed E-state index contributed by atoms with van der Waals surface area (Å²) in [4.78, 5) is 13.4. The van der Waals surface area contributed by atoms with Crippen LogP contribution in [0.25, 0.3) is 0 Å². The van der Waals surface area contributed by atoms with Crippen LogP contribution >= 0.6 is 0 Å². The van der Waals surface area contributed by atoms with Crippen LogP contribution in [-0.2, 0) is 9.53 Å². The molecular weight excluding hydrogens is 166 g/mol. The predicted molar refractivity (Wildman–Crippen MR) is 51.2 cm³/mol. The Bertz CT molecular complexity index is 213. The van der Waals surface area contributed by atoms with Crippen LogP contribution in [0.15, 0.2) is 12.2 Å². The highest BCUT2D eigenvalue weighted by Gasteiger charge is 2.26. The first-order valence-corrected chi connectivity index (χ1v) is 4.75. The van der Waals surface area contributed by atoms with Crippen LogP contribution in [0.2, 0.25) is 0 Å². The van der Waals surface area contributed by atoms with Crippen molar-refractivity contribution >= 4 is 5.97 Å².